The van der Waals surface area contributed by atoms with Crippen molar-refractivity contribution in [3.63, 3.8) is 0 Å². The summed E-state index contributed by atoms with van der Waals surface area (Å²) in [5.74, 6) is -0.454. The van der Waals surface area contributed by atoms with Gasteiger partial charge in [-0.05, 0) is 55.0 Å². The molecule has 0 atom stereocenters. The average Bonchev–Trinajstić information content (AvgIpc) is 3.07. The van der Waals surface area contributed by atoms with Gasteiger partial charge in [0.1, 0.15) is 0 Å². The average molecular weight is 458 g/mol. The number of hydrogen-bond acceptors (Lipinski definition) is 5. The van der Waals surface area contributed by atoms with Crippen LogP contribution in [0, 0.1) is 5.92 Å². The van der Waals surface area contributed by atoms with Crippen molar-refractivity contribution in [1.29, 1.82) is 0 Å². The minimum absolute atomic E-state index is 0.0517. The summed E-state index contributed by atoms with van der Waals surface area (Å²) in [4.78, 5) is 24.2. The number of rotatable bonds is 6. The standard InChI is InChI=1S/C23H27N3O5S/c1-3-16-5-4-6-18(13-16)24-22(27)14-17-9-11-26(12-10-17)32(29,30)19-7-8-20-21(15-19)31-23(28)25(20)2/h4-8,13,15,17H,3,9-12,14H2,1-2H3,(H,24,27). The molecule has 0 unspecified atom stereocenters. The monoisotopic (exact) mass is 457 g/mol. The number of nitrogens with zero attached hydrogens (tertiary/aromatic N) is 2. The first-order chi connectivity index (χ1) is 15.3. The SMILES string of the molecule is CCc1cccc(NC(=O)CC2CCN(S(=O)(=O)c3ccc4c(c3)oc(=O)n4C)CC2)c1. The minimum Gasteiger partial charge on any atom is -0.408 e. The van der Waals surface area contributed by atoms with E-state index in [1.165, 1.54) is 21.0 Å². The van der Waals surface area contributed by atoms with Crippen LogP contribution in [0.15, 0.2) is 56.6 Å². The van der Waals surface area contributed by atoms with Crippen molar-refractivity contribution in [2.24, 2.45) is 13.0 Å². The van der Waals surface area contributed by atoms with Gasteiger partial charge in [0.25, 0.3) is 0 Å². The zero-order valence-corrected chi connectivity index (χ0v) is 19.0. The van der Waals surface area contributed by atoms with E-state index in [4.69, 9.17) is 4.42 Å². The Morgan fingerprint density at radius 3 is 2.62 bits per heavy atom. The highest BCUT2D eigenvalue weighted by Crippen LogP contribution is 2.27. The first-order valence-corrected chi connectivity index (χ1v) is 12.2. The fourth-order valence-corrected chi connectivity index (χ4v) is 5.61. The van der Waals surface area contributed by atoms with E-state index in [9.17, 15) is 18.0 Å². The van der Waals surface area contributed by atoms with Gasteiger partial charge in [0.05, 0.1) is 10.4 Å². The summed E-state index contributed by atoms with van der Waals surface area (Å²) < 4.78 is 34.0. The number of aromatic nitrogens is 1. The number of fused-ring (bicyclic) bond motifs is 1. The first-order valence-electron chi connectivity index (χ1n) is 10.8. The molecule has 2 aromatic carbocycles. The number of aryl methyl sites for hydroxylation is 2. The number of amides is 1. The molecule has 1 amide bonds. The van der Waals surface area contributed by atoms with E-state index < -0.39 is 15.8 Å². The molecule has 1 fully saturated rings. The summed E-state index contributed by atoms with van der Waals surface area (Å²) in [5.41, 5.74) is 2.74. The molecular weight excluding hydrogens is 430 g/mol. The lowest BCUT2D eigenvalue weighted by Gasteiger charge is -2.31. The van der Waals surface area contributed by atoms with Crippen LogP contribution in [0.3, 0.4) is 0 Å². The van der Waals surface area contributed by atoms with E-state index in [0.717, 1.165) is 17.7 Å². The van der Waals surface area contributed by atoms with E-state index >= 15 is 0 Å². The van der Waals surface area contributed by atoms with Crippen LogP contribution in [-0.4, -0.2) is 36.3 Å². The fourth-order valence-electron chi connectivity index (χ4n) is 4.12. The molecule has 0 radical (unpaired) electrons. The van der Waals surface area contributed by atoms with Crippen LogP contribution in [-0.2, 0) is 28.3 Å². The van der Waals surface area contributed by atoms with Crippen LogP contribution in [0.4, 0.5) is 5.69 Å². The number of piperidine rings is 1. The maximum atomic E-state index is 13.1. The smallest absolute Gasteiger partial charge is 0.408 e. The van der Waals surface area contributed by atoms with E-state index in [2.05, 4.69) is 12.2 Å². The molecule has 1 aromatic heterocycles. The summed E-state index contributed by atoms with van der Waals surface area (Å²) in [6.07, 6.45) is 2.50. The van der Waals surface area contributed by atoms with Crippen molar-refractivity contribution < 1.29 is 17.6 Å². The Bertz CT molecular complexity index is 1300. The second-order valence-corrected chi connectivity index (χ2v) is 10.1. The summed E-state index contributed by atoms with van der Waals surface area (Å²) in [7, 11) is -2.13. The predicted octanol–water partition coefficient (Wildman–Crippen LogP) is 3.12. The zero-order chi connectivity index (χ0) is 22.9. The Morgan fingerprint density at radius 2 is 1.91 bits per heavy atom. The molecule has 1 N–H and O–H groups in total. The molecule has 0 aliphatic carbocycles. The Morgan fingerprint density at radius 1 is 1.16 bits per heavy atom. The molecule has 32 heavy (non-hydrogen) atoms. The lowest BCUT2D eigenvalue weighted by molar-refractivity contribution is -0.117. The Hall–Kier alpha value is -2.91. The summed E-state index contributed by atoms with van der Waals surface area (Å²) in [6.45, 7) is 2.77. The van der Waals surface area contributed by atoms with Gasteiger partial charge in [-0.3, -0.25) is 9.36 Å². The Balaban J connectivity index is 1.37. The van der Waals surface area contributed by atoms with E-state index in [-0.39, 0.29) is 22.3 Å². The van der Waals surface area contributed by atoms with E-state index in [1.54, 1.807) is 13.1 Å². The van der Waals surface area contributed by atoms with Gasteiger partial charge in [-0.15, -0.1) is 0 Å². The molecule has 0 saturated carbocycles. The van der Waals surface area contributed by atoms with Gasteiger partial charge < -0.3 is 9.73 Å². The van der Waals surface area contributed by atoms with E-state index in [0.29, 0.717) is 37.9 Å². The number of anilines is 1. The molecule has 4 rings (SSSR count). The van der Waals surface area contributed by atoms with E-state index in [1.807, 2.05) is 24.3 Å². The van der Waals surface area contributed by atoms with Crippen LogP contribution in [0.25, 0.3) is 11.1 Å². The van der Waals surface area contributed by atoms with Crippen LogP contribution >= 0.6 is 0 Å². The number of carbonyl (C=O) groups is 1. The van der Waals surface area contributed by atoms with Crippen LogP contribution in [0.5, 0.6) is 0 Å². The number of oxazole rings is 1. The molecule has 9 heteroatoms. The maximum absolute atomic E-state index is 13.1. The van der Waals surface area contributed by atoms with Gasteiger partial charge >= 0.3 is 5.76 Å². The van der Waals surface area contributed by atoms with Gasteiger partial charge in [-0.2, -0.15) is 4.31 Å². The minimum atomic E-state index is -3.70. The third kappa shape index (κ3) is 4.49. The van der Waals surface area contributed by atoms with Crippen LogP contribution in [0.1, 0.15) is 31.7 Å². The second kappa shape index (κ2) is 8.91. The molecule has 8 nitrogen and oxygen atoms in total. The number of nitrogens with one attached hydrogen (secondary N) is 1. The van der Waals surface area contributed by atoms with Gasteiger partial charge in [0.2, 0.25) is 15.9 Å². The Kier molecular flexibility index (Phi) is 6.21. The summed E-state index contributed by atoms with van der Waals surface area (Å²) >= 11 is 0. The number of benzene rings is 2. The molecule has 2 heterocycles. The van der Waals surface area contributed by atoms with Gasteiger partial charge in [-0.25, -0.2) is 13.2 Å². The van der Waals surface area contributed by atoms with Crippen molar-refractivity contribution in [2.75, 3.05) is 18.4 Å². The van der Waals surface area contributed by atoms with Crippen molar-refractivity contribution in [3.8, 4) is 0 Å². The quantitative estimate of drug-likeness (QED) is 0.613. The van der Waals surface area contributed by atoms with Crippen molar-refractivity contribution >= 4 is 32.7 Å². The normalized spacial score (nSPS) is 15.8. The molecule has 1 aliphatic rings. The zero-order valence-electron chi connectivity index (χ0n) is 18.2. The highest BCUT2D eigenvalue weighted by molar-refractivity contribution is 7.89. The van der Waals surface area contributed by atoms with Crippen molar-refractivity contribution in [3.05, 3.63) is 58.6 Å². The lowest BCUT2D eigenvalue weighted by Crippen LogP contribution is -2.39. The summed E-state index contributed by atoms with van der Waals surface area (Å²) in [5, 5.41) is 2.95. The summed E-state index contributed by atoms with van der Waals surface area (Å²) in [6, 6.07) is 12.3. The fraction of sp³-hybridized carbons (Fsp3) is 0.391. The Labute approximate surface area is 186 Å². The topological polar surface area (TPSA) is 102 Å². The van der Waals surface area contributed by atoms with Gasteiger partial charge in [0, 0.05) is 38.3 Å². The molecule has 1 saturated heterocycles. The lowest BCUT2D eigenvalue weighted by atomic mass is 9.94. The molecule has 0 bridgehead atoms. The third-order valence-electron chi connectivity index (χ3n) is 6.07. The number of carbonyl (C=O) groups excluding carboxylic acids is 1. The van der Waals surface area contributed by atoms with Gasteiger partial charge in [-0.1, -0.05) is 19.1 Å². The largest absolute Gasteiger partial charge is 0.419 e. The van der Waals surface area contributed by atoms with Gasteiger partial charge in [0.15, 0.2) is 5.58 Å². The molecule has 3 aromatic rings. The van der Waals surface area contributed by atoms with Crippen molar-refractivity contribution in [2.45, 2.75) is 37.5 Å². The molecule has 1 aliphatic heterocycles. The maximum Gasteiger partial charge on any atom is 0.419 e. The van der Waals surface area contributed by atoms with Crippen LogP contribution in [0.2, 0.25) is 0 Å². The number of sulfonamides is 1. The predicted molar refractivity (Wildman–Crippen MR) is 122 cm³/mol. The highest BCUT2D eigenvalue weighted by atomic mass is 32.2. The van der Waals surface area contributed by atoms with Crippen molar-refractivity contribution in [1.82, 2.24) is 8.87 Å². The molecule has 170 valence electrons. The second-order valence-electron chi connectivity index (χ2n) is 8.21. The number of hydrogen-bond donors (Lipinski definition) is 1. The first kappa shape index (κ1) is 22.3. The molecule has 0 spiro atoms. The molecular formula is C23H27N3O5S. The van der Waals surface area contributed by atoms with Crippen LogP contribution < -0.4 is 11.1 Å². The highest BCUT2D eigenvalue weighted by Gasteiger charge is 2.30. The third-order valence-corrected chi connectivity index (χ3v) is 7.96.